The molecule has 0 spiro atoms. The predicted molar refractivity (Wildman–Crippen MR) is 62.4 cm³/mol. The highest BCUT2D eigenvalue weighted by Gasteiger charge is 2.02. The first-order chi connectivity index (χ1) is 7.20. The molecule has 0 aliphatic rings. The van der Waals surface area contributed by atoms with Crippen molar-refractivity contribution >= 4 is 10.9 Å². The summed E-state index contributed by atoms with van der Waals surface area (Å²) in [4.78, 5) is 4.48. The summed E-state index contributed by atoms with van der Waals surface area (Å²) in [5.74, 6) is 0.916. The van der Waals surface area contributed by atoms with Gasteiger partial charge >= 0.3 is 0 Å². The van der Waals surface area contributed by atoms with Gasteiger partial charge in [0.05, 0.1) is 12.1 Å². The van der Waals surface area contributed by atoms with Gasteiger partial charge in [0.1, 0.15) is 5.75 Å². The molecule has 2 aromatic rings. The SMILES string of the molecule is CCOc1ccc2nc(C)cc(C)c2c1. The molecule has 0 saturated heterocycles. The number of aryl methyl sites for hydroxylation is 2. The Labute approximate surface area is 89.9 Å². The number of nitrogens with zero attached hydrogens (tertiary/aromatic N) is 1. The largest absolute Gasteiger partial charge is 0.494 e. The van der Waals surface area contributed by atoms with Gasteiger partial charge < -0.3 is 4.74 Å². The fourth-order valence-electron chi connectivity index (χ4n) is 1.80. The Hall–Kier alpha value is -1.57. The van der Waals surface area contributed by atoms with Crippen molar-refractivity contribution in [1.29, 1.82) is 0 Å². The van der Waals surface area contributed by atoms with E-state index in [0.717, 1.165) is 17.0 Å². The molecule has 0 aliphatic carbocycles. The van der Waals surface area contributed by atoms with Gasteiger partial charge in [0.15, 0.2) is 0 Å². The Kier molecular flexibility index (Phi) is 2.58. The second-order valence-corrected chi connectivity index (χ2v) is 3.69. The molecule has 0 unspecified atom stereocenters. The molecule has 0 fully saturated rings. The van der Waals surface area contributed by atoms with Crippen molar-refractivity contribution in [3.8, 4) is 5.75 Å². The topological polar surface area (TPSA) is 22.1 Å². The zero-order chi connectivity index (χ0) is 10.8. The van der Waals surface area contributed by atoms with Gasteiger partial charge in [-0.3, -0.25) is 4.98 Å². The summed E-state index contributed by atoms with van der Waals surface area (Å²) in [5, 5.41) is 1.17. The maximum atomic E-state index is 5.47. The Morgan fingerprint density at radius 2 is 2.00 bits per heavy atom. The third kappa shape index (κ3) is 1.94. The van der Waals surface area contributed by atoms with Crippen LogP contribution in [0.1, 0.15) is 18.2 Å². The Morgan fingerprint density at radius 3 is 2.73 bits per heavy atom. The molecule has 78 valence electrons. The summed E-state index contributed by atoms with van der Waals surface area (Å²) < 4.78 is 5.47. The molecule has 0 aliphatic heterocycles. The van der Waals surface area contributed by atoms with Crippen LogP contribution in [0.25, 0.3) is 10.9 Å². The van der Waals surface area contributed by atoms with E-state index in [-0.39, 0.29) is 0 Å². The van der Waals surface area contributed by atoms with Crippen LogP contribution in [0.3, 0.4) is 0 Å². The maximum absolute atomic E-state index is 5.47. The van der Waals surface area contributed by atoms with E-state index >= 15 is 0 Å². The van der Waals surface area contributed by atoms with Crippen molar-refractivity contribution in [3.63, 3.8) is 0 Å². The summed E-state index contributed by atoms with van der Waals surface area (Å²) in [6, 6.07) is 8.14. The van der Waals surface area contributed by atoms with Gasteiger partial charge in [-0.15, -0.1) is 0 Å². The first-order valence-corrected chi connectivity index (χ1v) is 5.21. The number of hydrogen-bond acceptors (Lipinski definition) is 2. The molecule has 0 N–H and O–H groups in total. The molecule has 0 bridgehead atoms. The van der Waals surface area contributed by atoms with E-state index in [4.69, 9.17) is 4.74 Å². The van der Waals surface area contributed by atoms with Crippen molar-refractivity contribution in [3.05, 3.63) is 35.5 Å². The Balaban J connectivity index is 2.60. The number of hydrogen-bond donors (Lipinski definition) is 0. The highest BCUT2D eigenvalue weighted by molar-refractivity contribution is 5.83. The van der Waals surface area contributed by atoms with Crippen LogP contribution >= 0.6 is 0 Å². The zero-order valence-electron chi connectivity index (χ0n) is 9.37. The first-order valence-electron chi connectivity index (χ1n) is 5.21. The van der Waals surface area contributed by atoms with Gasteiger partial charge in [-0.1, -0.05) is 0 Å². The van der Waals surface area contributed by atoms with Crippen LogP contribution in [-0.4, -0.2) is 11.6 Å². The molecule has 15 heavy (non-hydrogen) atoms. The Bertz CT molecular complexity index is 491. The zero-order valence-corrected chi connectivity index (χ0v) is 9.37. The van der Waals surface area contributed by atoms with E-state index in [1.165, 1.54) is 10.9 Å². The van der Waals surface area contributed by atoms with Gasteiger partial charge in [0.25, 0.3) is 0 Å². The molecular weight excluding hydrogens is 186 g/mol. The highest BCUT2D eigenvalue weighted by atomic mass is 16.5. The predicted octanol–water partition coefficient (Wildman–Crippen LogP) is 3.25. The van der Waals surface area contributed by atoms with Gasteiger partial charge in [-0.05, 0) is 50.6 Å². The van der Waals surface area contributed by atoms with E-state index < -0.39 is 0 Å². The van der Waals surface area contributed by atoms with Gasteiger partial charge in [-0.25, -0.2) is 0 Å². The number of aromatic nitrogens is 1. The van der Waals surface area contributed by atoms with Gasteiger partial charge in [0.2, 0.25) is 0 Å². The van der Waals surface area contributed by atoms with Crippen LogP contribution < -0.4 is 4.74 Å². The van der Waals surface area contributed by atoms with E-state index in [0.29, 0.717) is 6.61 Å². The summed E-state index contributed by atoms with van der Waals surface area (Å²) in [7, 11) is 0. The molecule has 1 heterocycles. The van der Waals surface area contributed by atoms with Gasteiger partial charge in [-0.2, -0.15) is 0 Å². The number of benzene rings is 1. The fourth-order valence-corrected chi connectivity index (χ4v) is 1.80. The Morgan fingerprint density at radius 1 is 1.20 bits per heavy atom. The molecule has 0 amide bonds. The minimum atomic E-state index is 0.698. The van der Waals surface area contributed by atoms with Crippen molar-refractivity contribution < 1.29 is 4.74 Å². The second-order valence-electron chi connectivity index (χ2n) is 3.69. The fraction of sp³-hybridized carbons (Fsp3) is 0.308. The molecule has 0 atom stereocenters. The normalized spacial score (nSPS) is 10.6. The summed E-state index contributed by atoms with van der Waals surface area (Å²) in [6.07, 6.45) is 0. The second kappa shape index (κ2) is 3.89. The third-order valence-corrected chi connectivity index (χ3v) is 2.43. The standard InChI is InChI=1S/C13H15NO/c1-4-15-11-5-6-13-12(8-11)9(2)7-10(3)14-13/h5-8H,4H2,1-3H3. The molecule has 0 radical (unpaired) electrons. The molecule has 1 aromatic carbocycles. The van der Waals surface area contributed by atoms with E-state index in [9.17, 15) is 0 Å². The minimum absolute atomic E-state index is 0.698. The number of pyridine rings is 1. The van der Waals surface area contributed by atoms with Crippen LogP contribution in [0.15, 0.2) is 24.3 Å². The number of rotatable bonds is 2. The van der Waals surface area contributed by atoms with Crippen LogP contribution in [0, 0.1) is 13.8 Å². The molecule has 0 saturated carbocycles. The lowest BCUT2D eigenvalue weighted by molar-refractivity contribution is 0.340. The molecule has 1 aromatic heterocycles. The van der Waals surface area contributed by atoms with Crippen LogP contribution in [0.4, 0.5) is 0 Å². The lowest BCUT2D eigenvalue weighted by atomic mass is 10.1. The highest BCUT2D eigenvalue weighted by Crippen LogP contribution is 2.23. The lowest BCUT2D eigenvalue weighted by Crippen LogP contribution is -1.93. The van der Waals surface area contributed by atoms with Crippen LogP contribution in [0.5, 0.6) is 5.75 Å². The molecule has 2 rings (SSSR count). The lowest BCUT2D eigenvalue weighted by Gasteiger charge is -2.07. The first kappa shape index (κ1) is 9.97. The van der Waals surface area contributed by atoms with E-state index in [2.05, 4.69) is 24.0 Å². The van der Waals surface area contributed by atoms with Crippen molar-refractivity contribution in [2.24, 2.45) is 0 Å². The third-order valence-electron chi connectivity index (χ3n) is 2.43. The summed E-state index contributed by atoms with van der Waals surface area (Å²) in [5.41, 5.74) is 3.35. The van der Waals surface area contributed by atoms with Crippen molar-refractivity contribution in [1.82, 2.24) is 4.98 Å². The summed E-state index contributed by atoms with van der Waals surface area (Å²) >= 11 is 0. The number of fused-ring (bicyclic) bond motifs is 1. The van der Waals surface area contributed by atoms with Crippen molar-refractivity contribution in [2.45, 2.75) is 20.8 Å². The molecular formula is C13H15NO. The monoisotopic (exact) mass is 201 g/mol. The maximum Gasteiger partial charge on any atom is 0.120 e. The van der Waals surface area contributed by atoms with Crippen molar-refractivity contribution in [2.75, 3.05) is 6.61 Å². The quantitative estimate of drug-likeness (QED) is 0.744. The van der Waals surface area contributed by atoms with Crippen LogP contribution in [-0.2, 0) is 0 Å². The van der Waals surface area contributed by atoms with E-state index in [1.54, 1.807) is 0 Å². The smallest absolute Gasteiger partial charge is 0.120 e. The average molecular weight is 201 g/mol. The average Bonchev–Trinajstić information content (AvgIpc) is 2.19. The minimum Gasteiger partial charge on any atom is -0.494 e. The molecule has 2 nitrogen and oxygen atoms in total. The van der Waals surface area contributed by atoms with Crippen LogP contribution in [0.2, 0.25) is 0 Å². The van der Waals surface area contributed by atoms with Gasteiger partial charge in [0, 0.05) is 11.1 Å². The van der Waals surface area contributed by atoms with E-state index in [1.807, 2.05) is 26.0 Å². The molecule has 2 heteroatoms. The summed E-state index contributed by atoms with van der Waals surface area (Å²) in [6.45, 7) is 6.81. The number of ether oxygens (including phenoxy) is 1.